The van der Waals surface area contributed by atoms with Crippen LogP contribution in [0, 0.1) is 5.92 Å². The molecule has 0 heterocycles. The molecule has 2 nitrogen and oxygen atoms in total. The highest BCUT2D eigenvalue weighted by Gasteiger charge is 2.00. The summed E-state index contributed by atoms with van der Waals surface area (Å²) in [4.78, 5) is 11.1. The molecular weight excluding hydrogens is 221 g/mol. The molecule has 14 heavy (non-hydrogen) atoms. The number of carbonyl (C=O) groups excluding carboxylic acids is 1. The maximum absolute atomic E-state index is 11.1. The molecule has 0 saturated carbocycles. The molecule has 0 rings (SSSR count). The summed E-state index contributed by atoms with van der Waals surface area (Å²) in [6.07, 6.45) is 4.06. The number of amides is 1. The van der Waals surface area contributed by atoms with E-state index in [1.807, 2.05) is 0 Å². The van der Waals surface area contributed by atoms with E-state index in [0.29, 0.717) is 12.3 Å². The average molecular weight is 244 g/mol. The fourth-order valence-corrected chi connectivity index (χ4v) is 0.942. The third kappa shape index (κ3) is 14.6. The Labute approximate surface area is 100 Å². The summed E-state index contributed by atoms with van der Waals surface area (Å²) in [6.45, 7) is 7.16. The lowest BCUT2D eigenvalue weighted by Crippen LogP contribution is -2.26. The van der Waals surface area contributed by atoms with Gasteiger partial charge < -0.3 is 5.32 Å². The number of hydrogen-bond acceptors (Lipinski definition) is 1. The highest BCUT2D eigenvalue weighted by Crippen LogP contribution is 1.98. The van der Waals surface area contributed by atoms with E-state index in [1.54, 1.807) is 0 Å². The molecule has 88 valence electrons. The number of carbonyl (C=O) groups is 1. The van der Waals surface area contributed by atoms with Crippen molar-refractivity contribution < 1.29 is 4.79 Å². The number of nitrogens with one attached hydrogen (secondary N) is 1. The van der Waals surface area contributed by atoms with Gasteiger partial charge in [0.2, 0.25) is 5.91 Å². The lowest BCUT2D eigenvalue weighted by Gasteiger charge is -2.06. The largest absolute Gasteiger partial charge is 0.356 e. The molecule has 0 aromatic rings. The van der Waals surface area contributed by atoms with Crippen molar-refractivity contribution in [2.24, 2.45) is 5.92 Å². The minimum atomic E-state index is 0. The maximum Gasteiger partial charge on any atom is 0.220 e. The van der Waals surface area contributed by atoms with Crippen molar-refractivity contribution in [3.63, 3.8) is 0 Å². The molecule has 0 spiro atoms. The van der Waals surface area contributed by atoms with Gasteiger partial charge in [-0.25, -0.2) is 0 Å². The van der Waals surface area contributed by atoms with Gasteiger partial charge in [-0.15, -0.1) is 24.8 Å². The Morgan fingerprint density at radius 2 is 1.79 bits per heavy atom. The average Bonchev–Trinajstić information content (AvgIpc) is 2.01. The van der Waals surface area contributed by atoms with E-state index in [2.05, 4.69) is 26.1 Å². The zero-order chi connectivity index (χ0) is 9.40. The van der Waals surface area contributed by atoms with Crippen LogP contribution < -0.4 is 5.32 Å². The van der Waals surface area contributed by atoms with E-state index in [0.717, 1.165) is 19.4 Å². The van der Waals surface area contributed by atoms with E-state index < -0.39 is 0 Å². The third-order valence-corrected chi connectivity index (χ3v) is 1.71. The quantitative estimate of drug-likeness (QED) is 0.714. The van der Waals surface area contributed by atoms with Crippen molar-refractivity contribution >= 4 is 30.7 Å². The smallest absolute Gasteiger partial charge is 0.220 e. The summed E-state index contributed by atoms with van der Waals surface area (Å²) in [6, 6.07) is 0. The highest BCUT2D eigenvalue weighted by atomic mass is 35.5. The Morgan fingerprint density at radius 3 is 2.21 bits per heavy atom. The summed E-state index contributed by atoms with van der Waals surface area (Å²) in [5, 5.41) is 2.90. The van der Waals surface area contributed by atoms with E-state index in [9.17, 15) is 4.79 Å². The first kappa shape index (κ1) is 19.6. The molecule has 0 saturated heterocycles. The van der Waals surface area contributed by atoms with E-state index in [1.165, 1.54) is 6.42 Å². The molecule has 0 aliphatic rings. The van der Waals surface area contributed by atoms with E-state index >= 15 is 0 Å². The van der Waals surface area contributed by atoms with Gasteiger partial charge in [0, 0.05) is 13.0 Å². The molecule has 0 fully saturated rings. The Balaban J connectivity index is -0.000000605. The van der Waals surface area contributed by atoms with Crippen LogP contribution in [-0.4, -0.2) is 12.5 Å². The molecule has 0 radical (unpaired) electrons. The van der Waals surface area contributed by atoms with E-state index in [-0.39, 0.29) is 30.7 Å². The van der Waals surface area contributed by atoms with Gasteiger partial charge in [0.15, 0.2) is 0 Å². The second-order valence-electron chi connectivity index (χ2n) is 3.66. The monoisotopic (exact) mass is 243 g/mol. The van der Waals surface area contributed by atoms with Crippen LogP contribution in [0.1, 0.15) is 46.5 Å². The van der Waals surface area contributed by atoms with Gasteiger partial charge in [0.25, 0.3) is 0 Å². The summed E-state index contributed by atoms with van der Waals surface area (Å²) in [7, 11) is 0. The van der Waals surface area contributed by atoms with E-state index in [4.69, 9.17) is 0 Å². The minimum Gasteiger partial charge on any atom is -0.356 e. The van der Waals surface area contributed by atoms with Crippen LogP contribution in [0.5, 0.6) is 0 Å². The molecule has 0 unspecified atom stereocenters. The zero-order valence-corrected chi connectivity index (χ0v) is 11.0. The van der Waals surface area contributed by atoms with Crippen LogP contribution >= 0.6 is 24.8 Å². The SMILES string of the molecule is CCCCCC(=O)NCC(C)C.Cl.Cl. The van der Waals surface area contributed by atoms with Crippen LogP contribution in [0.2, 0.25) is 0 Å². The van der Waals surface area contributed by atoms with Crippen molar-refractivity contribution in [2.75, 3.05) is 6.54 Å². The normalized spacial score (nSPS) is 8.86. The minimum absolute atomic E-state index is 0. The lowest BCUT2D eigenvalue weighted by atomic mass is 10.2. The fraction of sp³-hybridized carbons (Fsp3) is 0.900. The standard InChI is InChI=1S/C10H21NO.2ClH/c1-4-5-6-7-10(12)11-8-9(2)3;;/h9H,4-8H2,1-3H3,(H,11,12);2*1H. The molecule has 1 N–H and O–H groups in total. The number of halogens is 2. The molecule has 0 aliphatic carbocycles. The summed E-state index contributed by atoms with van der Waals surface area (Å²) in [5.74, 6) is 0.761. The Hall–Kier alpha value is 0.0500. The van der Waals surface area contributed by atoms with Crippen molar-refractivity contribution in [1.82, 2.24) is 5.32 Å². The van der Waals surface area contributed by atoms with Gasteiger partial charge in [0.1, 0.15) is 0 Å². The van der Waals surface area contributed by atoms with Crippen molar-refractivity contribution in [3.8, 4) is 0 Å². The number of rotatable bonds is 6. The molecule has 4 heteroatoms. The Morgan fingerprint density at radius 1 is 1.21 bits per heavy atom. The summed E-state index contributed by atoms with van der Waals surface area (Å²) >= 11 is 0. The van der Waals surface area contributed by atoms with Crippen LogP contribution in [0.3, 0.4) is 0 Å². The first-order chi connectivity index (χ1) is 5.66. The van der Waals surface area contributed by atoms with Crippen LogP contribution in [0.25, 0.3) is 0 Å². The highest BCUT2D eigenvalue weighted by molar-refractivity contribution is 5.85. The molecule has 0 aromatic heterocycles. The Kier molecular flexibility index (Phi) is 18.3. The third-order valence-electron chi connectivity index (χ3n) is 1.71. The summed E-state index contributed by atoms with van der Waals surface area (Å²) in [5.41, 5.74) is 0. The van der Waals surface area contributed by atoms with Crippen LogP contribution in [0.4, 0.5) is 0 Å². The predicted octanol–water partition coefficient (Wildman–Crippen LogP) is 3.18. The molecule has 0 aliphatic heterocycles. The maximum atomic E-state index is 11.1. The van der Waals surface area contributed by atoms with Gasteiger partial charge in [-0.3, -0.25) is 4.79 Å². The fourth-order valence-electron chi connectivity index (χ4n) is 0.942. The van der Waals surface area contributed by atoms with Crippen LogP contribution in [0.15, 0.2) is 0 Å². The van der Waals surface area contributed by atoms with Crippen molar-refractivity contribution in [1.29, 1.82) is 0 Å². The summed E-state index contributed by atoms with van der Waals surface area (Å²) < 4.78 is 0. The van der Waals surface area contributed by atoms with Crippen molar-refractivity contribution in [3.05, 3.63) is 0 Å². The van der Waals surface area contributed by atoms with Crippen molar-refractivity contribution in [2.45, 2.75) is 46.5 Å². The molecule has 0 bridgehead atoms. The second kappa shape index (κ2) is 13.1. The number of unbranched alkanes of at least 4 members (excludes halogenated alkanes) is 2. The Bertz CT molecular complexity index is 129. The predicted molar refractivity (Wildman–Crippen MR) is 66.5 cm³/mol. The lowest BCUT2D eigenvalue weighted by molar-refractivity contribution is -0.121. The first-order valence-corrected chi connectivity index (χ1v) is 4.93. The molecule has 0 atom stereocenters. The van der Waals surface area contributed by atoms with Gasteiger partial charge in [-0.2, -0.15) is 0 Å². The van der Waals surface area contributed by atoms with Gasteiger partial charge in [0.05, 0.1) is 0 Å². The molecular formula is C10H23Cl2NO. The van der Waals surface area contributed by atoms with Crippen LogP contribution in [-0.2, 0) is 4.79 Å². The van der Waals surface area contributed by atoms with Gasteiger partial charge >= 0.3 is 0 Å². The second-order valence-corrected chi connectivity index (χ2v) is 3.66. The first-order valence-electron chi connectivity index (χ1n) is 4.93. The molecule has 1 amide bonds. The topological polar surface area (TPSA) is 29.1 Å². The van der Waals surface area contributed by atoms with Gasteiger partial charge in [-0.05, 0) is 12.3 Å². The zero-order valence-electron chi connectivity index (χ0n) is 9.34. The van der Waals surface area contributed by atoms with Gasteiger partial charge in [-0.1, -0.05) is 33.6 Å². The number of hydrogen-bond donors (Lipinski definition) is 1. The molecule has 0 aromatic carbocycles.